The zero-order chi connectivity index (χ0) is 11.2. The van der Waals surface area contributed by atoms with Gasteiger partial charge in [0.05, 0.1) is 13.2 Å². The molecule has 2 N–H and O–H groups in total. The minimum atomic E-state index is -0.229. The second-order valence-electron chi connectivity index (χ2n) is 3.45. The molecule has 0 aromatic heterocycles. The van der Waals surface area contributed by atoms with Crippen LogP contribution >= 0.6 is 0 Å². The van der Waals surface area contributed by atoms with Gasteiger partial charge in [-0.2, -0.15) is 0 Å². The standard InChI is InChI=1S/C11H14N3O2/c15-11(12-10-4-2-1-3-5-10)13-14-6-8-16-9-7-14/h2-5H,6-9H2,(H2,12,13,15). The molecule has 0 unspecified atom stereocenters. The van der Waals surface area contributed by atoms with Crippen molar-refractivity contribution in [2.75, 3.05) is 31.6 Å². The molecule has 1 aliphatic heterocycles. The molecule has 1 aromatic carbocycles. The topological polar surface area (TPSA) is 53.6 Å². The number of hydrazine groups is 1. The number of urea groups is 1. The number of ether oxygens (including phenoxy) is 1. The van der Waals surface area contributed by atoms with Gasteiger partial charge < -0.3 is 10.1 Å². The van der Waals surface area contributed by atoms with Crippen LogP contribution in [0.5, 0.6) is 0 Å². The average Bonchev–Trinajstić information content (AvgIpc) is 2.31. The quantitative estimate of drug-likeness (QED) is 0.777. The third-order valence-electron chi connectivity index (χ3n) is 2.25. The van der Waals surface area contributed by atoms with Crippen molar-refractivity contribution in [2.45, 2.75) is 0 Å². The van der Waals surface area contributed by atoms with Gasteiger partial charge in [0, 0.05) is 18.8 Å². The number of carbonyl (C=O) groups is 1. The van der Waals surface area contributed by atoms with Crippen molar-refractivity contribution in [3.63, 3.8) is 0 Å². The second-order valence-corrected chi connectivity index (χ2v) is 3.45. The Morgan fingerprint density at radius 3 is 2.69 bits per heavy atom. The molecule has 85 valence electrons. The van der Waals surface area contributed by atoms with Gasteiger partial charge in [0.2, 0.25) is 0 Å². The maximum Gasteiger partial charge on any atom is 0.333 e. The first-order valence-corrected chi connectivity index (χ1v) is 5.21. The van der Waals surface area contributed by atoms with Crippen molar-refractivity contribution in [1.82, 2.24) is 10.4 Å². The van der Waals surface area contributed by atoms with E-state index >= 15 is 0 Å². The molecule has 0 aliphatic carbocycles. The molecule has 1 heterocycles. The summed E-state index contributed by atoms with van der Waals surface area (Å²) in [5.74, 6) is 0. The first kappa shape index (κ1) is 10.9. The van der Waals surface area contributed by atoms with Gasteiger partial charge >= 0.3 is 6.03 Å². The van der Waals surface area contributed by atoms with Crippen LogP contribution in [-0.4, -0.2) is 37.3 Å². The number of hydrogen-bond donors (Lipinski definition) is 2. The van der Waals surface area contributed by atoms with Crippen molar-refractivity contribution in [2.24, 2.45) is 0 Å². The highest BCUT2D eigenvalue weighted by atomic mass is 16.5. The SMILES string of the molecule is O=C(Nc1cc[c]cc1)NN1CCOCC1. The molecule has 1 aromatic rings. The Balaban J connectivity index is 1.80. The molecule has 0 saturated carbocycles. The summed E-state index contributed by atoms with van der Waals surface area (Å²) in [5.41, 5.74) is 3.51. The molecule has 1 radical (unpaired) electrons. The highest BCUT2D eigenvalue weighted by Crippen LogP contribution is 2.04. The molecular formula is C11H14N3O2. The fourth-order valence-electron chi connectivity index (χ4n) is 1.45. The molecule has 1 aliphatic rings. The van der Waals surface area contributed by atoms with Crippen LogP contribution in [0, 0.1) is 6.07 Å². The Morgan fingerprint density at radius 1 is 1.31 bits per heavy atom. The van der Waals surface area contributed by atoms with Crippen LogP contribution in [0.2, 0.25) is 0 Å². The van der Waals surface area contributed by atoms with Gasteiger partial charge in [0.25, 0.3) is 0 Å². The Kier molecular flexibility index (Phi) is 3.74. The van der Waals surface area contributed by atoms with Crippen LogP contribution in [0.15, 0.2) is 24.3 Å². The van der Waals surface area contributed by atoms with Crippen LogP contribution < -0.4 is 10.7 Å². The Labute approximate surface area is 94.4 Å². The number of morpholine rings is 1. The fourth-order valence-corrected chi connectivity index (χ4v) is 1.45. The molecule has 5 heteroatoms. The summed E-state index contributed by atoms with van der Waals surface area (Å²) in [5, 5.41) is 4.58. The number of nitrogens with one attached hydrogen (secondary N) is 2. The number of carbonyl (C=O) groups excluding carboxylic acids is 1. The maximum atomic E-state index is 11.6. The normalized spacial score (nSPS) is 16.8. The predicted octanol–water partition coefficient (Wildman–Crippen LogP) is 0.855. The van der Waals surface area contributed by atoms with Crippen LogP contribution in [0.3, 0.4) is 0 Å². The predicted molar refractivity (Wildman–Crippen MR) is 59.8 cm³/mol. The molecule has 16 heavy (non-hydrogen) atoms. The van der Waals surface area contributed by atoms with Crippen molar-refractivity contribution >= 4 is 11.7 Å². The van der Waals surface area contributed by atoms with Crippen molar-refractivity contribution in [3.8, 4) is 0 Å². The summed E-state index contributed by atoms with van der Waals surface area (Å²) in [7, 11) is 0. The van der Waals surface area contributed by atoms with Gasteiger partial charge in [0.1, 0.15) is 0 Å². The first-order chi connectivity index (χ1) is 7.84. The zero-order valence-corrected chi connectivity index (χ0v) is 8.90. The van der Waals surface area contributed by atoms with Gasteiger partial charge in [0.15, 0.2) is 0 Å². The molecule has 0 spiro atoms. The lowest BCUT2D eigenvalue weighted by molar-refractivity contribution is 0.0207. The Morgan fingerprint density at radius 2 is 2.00 bits per heavy atom. The van der Waals surface area contributed by atoms with Crippen LogP contribution in [0.25, 0.3) is 0 Å². The minimum Gasteiger partial charge on any atom is -0.379 e. The van der Waals surface area contributed by atoms with Crippen molar-refractivity contribution in [3.05, 3.63) is 30.3 Å². The Bertz CT molecular complexity index is 336. The monoisotopic (exact) mass is 220 g/mol. The fraction of sp³-hybridized carbons (Fsp3) is 0.364. The number of benzene rings is 1. The van der Waals surface area contributed by atoms with E-state index in [1.54, 1.807) is 24.3 Å². The summed E-state index contributed by atoms with van der Waals surface area (Å²) >= 11 is 0. The lowest BCUT2D eigenvalue weighted by atomic mass is 10.3. The van der Waals surface area contributed by atoms with Crippen molar-refractivity contribution in [1.29, 1.82) is 0 Å². The van der Waals surface area contributed by atoms with E-state index in [1.807, 2.05) is 5.01 Å². The average molecular weight is 220 g/mol. The molecule has 2 amide bonds. The third kappa shape index (κ3) is 3.22. The number of nitrogens with zero attached hydrogens (tertiary/aromatic N) is 1. The minimum absolute atomic E-state index is 0.229. The number of rotatable bonds is 2. The summed E-state index contributed by atoms with van der Waals surface area (Å²) in [6, 6.07) is 9.75. The number of hydrogen-bond acceptors (Lipinski definition) is 3. The molecule has 0 bridgehead atoms. The highest BCUT2D eigenvalue weighted by Gasteiger charge is 2.12. The summed E-state index contributed by atoms with van der Waals surface area (Å²) in [6.45, 7) is 2.74. The van der Waals surface area contributed by atoms with E-state index < -0.39 is 0 Å². The van der Waals surface area contributed by atoms with Crippen LogP contribution in [0.1, 0.15) is 0 Å². The summed E-state index contributed by atoms with van der Waals surface area (Å²) < 4.78 is 5.18. The van der Waals surface area contributed by atoms with Crippen LogP contribution in [0.4, 0.5) is 10.5 Å². The van der Waals surface area contributed by atoms with E-state index in [1.165, 1.54) is 0 Å². The molecule has 5 nitrogen and oxygen atoms in total. The lowest BCUT2D eigenvalue weighted by Gasteiger charge is -2.26. The van der Waals surface area contributed by atoms with E-state index in [9.17, 15) is 4.79 Å². The van der Waals surface area contributed by atoms with E-state index in [2.05, 4.69) is 16.8 Å². The molecular weight excluding hydrogens is 206 g/mol. The molecule has 1 fully saturated rings. The third-order valence-corrected chi connectivity index (χ3v) is 2.25. The summed E-state index contributed by atoms with van der Waals surface area (Å²) in [4.78, 5) is 11.6. The lowest BCUT2D eigenvalue weighted by Crippen LogP contribution is -2.49. The van der Waals surface area contributed by atoms with E-state index in [0.717, 1.165) is 18.8 Å². The molecule has 2 rings (SSSR count). The van der Waals surface area contributed by atoms with Gasteiger partial charge in [-0.05, 0) is 18.2 Å². The second kappa shape index (κ2) is 5.48. The van der Waals surface area contributed by atoms with E-state index in [-0.39, 0.29) is 6.03 Å². The van der Waals surface area contributed by atoms with Gasteiger partial charge in [-0.3, -0.25) is 5.43 Å². The van der Waals surface area contributed by atoms with Gasteiger partial charge in [-0.1, -0.05) is 12.1 Å². The molecule has 0 atom stereocenters. The molecule has 1 saturated heterocycles. The zero-order valence-electron chi connectivity index (χ0n) is 8.90. The van der Waals surface area contributed by atoms with E-state index in [0.29, 0.717) is 13.2 Å². The van der Waals surface area contributed by atoms with E-state index in [4.69, 9.17) is 4.74 Å². The maximum absolute atomic E-state index is 11.6. The van der Waals surface area contributed by atoms with Gasteiger partial charge in [-0.25, -0.2) is 9.80 Å². The smallest absolute Gasteiger partial charge is 0.333 e. The number of anilines is 1. The Hall–Kier alpha value is -1.59. The number of amides is 2. The van der Waals surface area contributed by atoms with Gasteiger partial charge in [-0.15, -0.1) is 0 Å². The largest absolute Gasteiger partial charge is 0.379 e. The van der Waals surface area contributed by atoms with Crippen molar-refractivity contribution < 1.29 is 9.53 Å². The first-order valence-electron chi connectivity index (χ1n) is 5.21. The summed E-state index contributed by atoms with van der Waals surface area (Å²) in [6.07, 6.45) is 0. The highest BCUT2D eigenvalue weighted by molar-refractivity contribution is 5.88. The van der Waals surface area contributed by atoms with Crippen LogP contribution in [-0.2, 0) is 4.74 Å².